The molecule has 5 heteroatoms. The predicted molar refractivity (Wildman–Crippen MR) is 113 cm³/mol. The zero-order chi connectivity index (χ0) is 20.8. The summed E-state index contributed by atoms with van der Waals surface area (Å²) in [7, 11) is 1.63. The molecule has 5 nitrogen and oxygen atoms in total. The molecule has 1 N–H and O–H groups in total. The van der Waals surface area contributed by atoms with E-state index in [1.54, 1.807) is 7.11 Å². The summed E-state index contributed by atoms with van der Waals surface area (Å²) in [5, 5.41) is 3.06. The number of carbonyl (C=O) groups excluding carboxylic acids is 2. The van der Waals surface area contributed by atoms with Crippen molar-refractivity contribution in [1.29, 1.82) is 0 Å². The number of benzene rings is 2. The van der Waals surface area contributed by atoms with Crippen LogP contribution in [0, 0.1) is 12.8 Å². The molecule has 1 fully saturated rings. The van der Waals surface area contributed by atoms with Crippen molar-refractivity contribution in [1.82, 2.24) is 10.2 Å². The van der Waals surface area contributed by atoms with E-state index in [0.29, 0.717) is 13.1 Å². The number of aryl methyl sites for hydroxylation is 1. The SMILES string of the molecule is CCCCN1C(=O)CC(C(=O)NCc2ccccc2C)C1c1ccc(OC)cc1. The van der Waals surface area contributed by atoms with Gasteiger partial charge >= 0.3 is 0 Å². The van der Waals surface area contributed by atoms with Crippen molar-refractivity contribution in [2.24, 2.45) is 5.92 Å². The summed E-state index contributed by atoms with van der Waals surface area (Å²) in [4.78, 5) is 27.7. The van der Waals surface area contributed by atoms with E-state index in [4.69, 9.17) is 4.74 Å². The quantitative estimate of drug-likeness (QED) is 0.736. The summed E-state index contributed by atoms with van der Waals surface area (Å²) in [6, 6.07) is 15.5. The van der Waals surface area contributed by atoms with Crippen LogP contribution in [0.2, 0.25) is 0 Å². The highest BCUT2D eigenvalue weighted by Crippen LogP contribution is 2.39. The fourth-order valence-corrected chi connectivity index (χ4v) is 3.95. The van der Waals surface area contributed by atoms with Crippen LogP contribution >= 0.6 is 0 Å². The lowest BCUT2D eigenvalue weighted by atomic mass is 9.92. The second-order valence-corrected chi connectivity index (χ2v) is 7.61. The normalized spacial score (nSPS) is 18.7. The zero-order valence-corrected chi connectivity index (χ0v) is 17.5. The molecular formula is C24H30N2O3. The summed E-state index contributed by atoms with van der Waals surface area (Å²) in [5.41, 5.74) is 3.21. The van der Waals surface area contributed by atoms with Crippen LogP contribution in [0.15, 0.2) is 48.5 Å². The fourth-order valence-electron chi connectivity index (χ4n) is 3.95. The van der Waals surface area contributed by atoms with Crippen molar-refractivity contribution in [3.8, 4) is 5.75 Å². The molecule has 3 rings (SSSR count). The van der Waals surface area contributed by atoms with E-state index in [1.165, 1.54) is 0 Å². The van der Waals surface area contributed by atoms with Crippen molar-refractivity contribution in [2.75, 3.05) is 13.7 Å². The Hall–Kier alpha value is -2.82. The lowest BCUT2D eigenvalue weighted by molar-refractivity contribution is -0.129. The number of hydrogen-bond acceptors (Lipinski definition) is 3. The first kappa shape index (κ1) is 20.9. The number of carbonyl (C=O) groups is 2. The average Bonchev–Trinajstić information content (AvgIpc) is 3.07. The van der Waals surface area contributed by atoms with E-state index in [2.05, 4.69) is 12.2 Å². The molecule has 29 heavy (non-hydrogen) atoms. The molecule has 0 saturated carbocycles. The number of methoxy groups -OCH3 is 1. The van der Waals surface area contributed by atoms with Crippen molar-refractivity contribution >= 4 is 11.8 Å². The van der Waals surface area contributed by atoms with Crippen molar-refractivity contribution in [3.63, 3.8) is 0 Å². The zero-order valence-electron chi connectivity index (χ0n) is 17.5. The van der Waals surface area contributed by atoms with E-state index >= 15 is 0 Å². The highest BCUT2D eigenvalue weighted by Gasteiger charge is 2.44. The molecule has 0 aromatic heterocycles. The molecule has 154 valence electrons. The minimum atomic E-state index is -0.392. The van der Waals surface area contributed by atoms with Crippen LogP contribution in [0.5, 0.6) is 5.75 Å². The molecule has 2 unspecified atom stereocenters. The highest BCUT2D eigenvalue weighted by atomic mass is 16.5. The Bertz CT molecular complexity index is 847. The first-order valence-corrected chi connectivity index (χ1v) is 10.3. The smallest absolute Gasteiger partial charge is 0.226 e. The van der Waals surface area contributed by atoms with Crippen LogP contribution in [0.25, 0.3) is 0 Å². The second-order valence-electron chi connectivity index (χ2n) is 7.61. The number of rotatable bonds is 8. The highest BCUT2D eigenvalue weighted by molar-refractivity contribution is 5.90. The average molecular weight is 395 g/mol. The minimum Gasteiger partial charge on any atom is -0.497 e. The van der Waals surface area contributed by atoms with Crippen LogP contribution in [0.1, 0.15) is 48.9 Å². The summed E-state index contributed by atoms with van der Waals surface area (Å²) >= 11 is 0. The molecule has 2 amide bonds. The standard InChI is InChI=1S/C24H30N2O3/c1-4-5-14-26-22(27)15-21(23(26)18-10-12-20(29-3)13-11-18)24(28)25-16-19-9-7-6-8-17(19)2/h6-13,21,23H,4-5,14-16H2,1-3H3,(H,25,28). The van der Waals surface area contributed by atoms with Gasteiger partial charge in [-0.15, -0.1) is 0 Å². The van der Waals surface area contributed by atoms with E-state index in [0.717, 1.165) is 35.3 Å². The molecule has 0 bridgehead atoms. The van der Waals surface area contributed by atoms with Crippen LogP contribution in [0.4, 0.5) is 0 Å². The first-order chi connectivity index (χ1) is 14.0. The Morgan fingerprint density at radius 3 is 2.55 bits per heavy atom. The number of ether oxygens (including phenoxy) is 1. The molecule has 0 spiro atoms. The molecule has 0 aliphatic carbocycles. The fraction of sp³-hybridized carbons (Fsp3) is 0.417. The Morgan fingerprint density at radius 1 is 1.17 bits per heavy atom. The van der Waals surface area contributed by atoms with Gasteiger partial charge in [0, 0.05) is 19.5 Å². The molecule has 1 aliphatic rings. The van der Waals surface area contributed by atoms with Crippen LogP contribution in [-0.4, -0.2) is 30.4 Å². The summed E-state index contributed by atoms with van der Waals surface area (Å²) in [6.45, 7) is 5.29. The van der Waals surface area contributed by atoms with Gasteiger partial charge < -0.3 is 15.0 Å². The van der Waals surface area contributed by atoms with Gasteiger partial charge in [0.1, 0.15) is 5.75 Å². The number of nitrogens with one attached hydrogen (secondary N) is 1. The second kappa shape index (κ2) is 9.59. The third-order valence-corrected chi connectivity index (χ3v) is 5.69. The minimum absolute atomic E-state index is 0.0512. The van der Waals surface area contributed by atoms with Crippen LogP contribution in [-0.2, 0) is 16.1 Å². The van der Waals surface area contributed by atoms with Crippen molar-refractivity contribution in [2.45, 2.75) is 45.7 Å². The van der Waals surface area contributed by atoms with Crippen LogP contribution < -0.4 is 10.1 Å². The third kappa shape index (κ3) is 4.78. The molecular weight excluding hydrogens is 364 g/mol. The number of unbranched alkanes of at least 4 members (excludes halogenated alkanes) is 1. The molecule has 2 aromatic carbocycles. The van der Waals surface area contributed by atoms with E-state index in [-0.39, 0.29) is 24.3 Å². The maximum Gasteiger partial charge on any atom is 0.226 e. The van der Waals surface area contributed by atoms with E-state index < -0.39 is 5.92 Å². The van der Waals surface area contributed by atoms with Gasteiger partial charge in [-0.1, -0.05) is 49.7 Å². The van der Waals surface area contributed by atoms with Gasteiger partial charge in [0.15, 0.2) is 0 Å². The summed E-state index contributed by atoms with van der Waals surface area (Å²) in [6.07, 6.45) is 2.18. The maximum atomic E-state index is 13.1. The third-order valence-electron chi connectivity index (χ3n) is 5.69. The Labute approximate surface area is 173 Å². The van der Waals surface area contributed by atoms with Crippen LogP contribution in [0.3, 0.4) is 0 Å². The summed E-state index contributed by atoms with van der Waals surface area (Å²) < 4.78 is 5.26. The van der Waals surface area contributed by atoms with Gasteiger partial charge in [-0.3, -0.25) is 9.59 Å². The monoisotopic (exact) mass is 394 g/mol. The van der Waals surface area contributed by atoms with Crippen molar-refractivity contribution in [3.05, 3.63) is 65.2 Å². The molecule has 1 saturated heterocycles. The Balaban J connectivity index is 1.81. The number of amides is 2. The maximum absolute atomic E-state index is 13.1. The van der Waals surface area contributed by atoms with Gasteiger partial charge in [0.05, 0.1) is 19.1 Å². The number of hydrogen-bond donors (Lipinski definition) is 1. The van der Waals surface area contributed by atoms with Gasteiger partial charge in [0.2, 0.25) is 11.8 Å². The van der Waals surface area contributed by atoms with Gasteiger partial charge in [-0.05, 0) is 42.2 Å². The number of likely N-dealkylation sites (tertiary alicyclic amines) is 1. The van der Waals surface area contributed by atoms with Crippen molar-refractivity contribution < 1.29 is 14.3 Å². The predicted octanol–water partition coefficient (Wildman–Crippen LogP) is 4.01. The van der Waals surface area contributed by atoms with Gasteiger partial charge in [-0.2, -0.15) is 0 Å². The Kier molecular flexibility index (Phi) is 6.91. The lowest BCUT2D eigenvalue weighted by Gasteiger charge is -2.28. The first-order valence-electron chi connectivity index (χ1n) is 10.3. The van der Waals surface area contributed by atoms with E-state index in [1.807, 2.05) is 60.4 Å². The molecule has 1 heterocycles. The summed E-state index contributed by atoms with van der Waals surface area (Å²) in [5.74, 6) is 0.354. The molecule has 2 aromatic rings. The van der Waals surface area contributed by atoms with Gasteiger partial charge in [-0.25, -0.2) is 0 Å². The number of nitrogens with zero attached hydrogens (tertiary/aromatic N) is 1. The topological polar surface area (TPSA) is 58.6 Å². The molecule has 1 aliphatic heterocycles. The van der Waals surface area contributed by atoms with Gasteiger partial charge in [0.25, 0.3) is 0 Å². The van der Waals surface area contributed by atoms with E-state index in [9.17, 15) is 9.59 Å². The molecule has 0 radical (unpaired) electrons. The molecule has 2 atom stereocenters. The largest absolute Gasteiger partial charge is 0.497 e. The Morgan fingerprint density at radius 2 is 1.90 bits per heavy atom. The lowest BCUT2D eigenvalue weighted by Crippen LogP contribution is -2.36.